The van der Waals surface area contributed by atoms with Gasteiger partial charge in [-0.05, 0) is 24.6 Å². The number of ether oxygens (including phenoxy) is 2. The molecule has 1 atom stereocenters. The van der Waals surface area contributed by atoms with E-state index in [-0.39, 0.29) is 12.1 Å². The molecule has 12 heteroatoms. The Balaban J connectivity index is 1.29. The minimum atomic E-state index is -3.48. The Kier molecular flexibility index (Phi) is 7.29. The van der Waals surface area contributed by atoms with Gasteiger partial charge in [-0.25, -0.2) is 13.4 Å². The molecule has 0 aliphatic carbocycles. The zero-order valence-electron chi connectivity index (χ0n) is 18.4. The predicted octanol–water partition coefficient (Wildman–Crippen LogP) is 2.20. The summed E-state index contributed by atoms with van der Waals surface area (Å²) >= 11 is 1.27. The predicted molar refractivity (Wildman–Crippen MR) is 128 cm³/mol. The number of nitrogens with zero attached hydrogens (tertiary/aromatic N) is 2. The number of hydrogen-bond acceptors (Lipinski definition) is 8. The van der Waals surface area contributed by atoms with Crippen LogP contribution < -0.4 is 15.4 Å². The number of carbonyl (C=O) groups is 2. The average Bonchev–Trinajstić information content (AvgIpc) is 3.58. The number of rotatable bonds is 9. The van der Waals surface area contributed by atoms with Crippen molar-refractivity contribution in [3.8, 4) is 17.0 Å². The van der Waals surface area contributed by atoms with Crippen LogP contribution in [0, 0.1) is 5.92 Å². The van der Waals surface area contributed by atoms with E-state index in [1.165, 1.54) is 29.8 Å². The summed E-state index contributed by atoms with van der Waals surface area (Å²) < 4.78 is 35.2. The summed E-state index contributed by atoms with van der Waals surface area (Å²) in [5, 5.41) is 7.33. The van der Waals surface area contributed by atoms with Crippen LogP contribution in [0.2, 0.25) is 0 Å². The third-order valence-corrected chi connectivity index (χ3v) is 6.86. The molecule has 0 saturated carbocycles. The molecule has 34 heavy (non-hydrogen) atoms. The zero-order valence-corrected chi connectivity index (χ0v) is 20.0. The molecule has 3 heterocycles. The van der Waals surface area contributed by atoms with Crippen LogP contribution in [-0.2, 0) is 19.6 Å². The largest absolute Gasteiger partial charge is 0.493 e. The van der Waals surface area contributed by atoms with E-state index < -0.39 is 21.8 Å². The lowest BCUT2D eigenvalue weighted by molar-refractivity contribution is -0.115. The summed E-state index contributed by atoms with van der Waals surface area (Å²) in [7, 11) is -3.48. The van der Waals surface area contributed by atoms with Gasteiger partial charge in [-0.3, -0.25) is 13.6 Å². The van der Waals surface area contributed by atoms with E-state index >= 15 is 0 Å². The highest BCUT2D eigenvalue weighted by molar-refractivity contribution is 7.89. The van der Waals surface area contributed by atoms with Gasteiger partial charge in [0.05, 0.1) is 37.3 Å². The normalized spacial score (nSPS) is 15.7. The molecule has 0 spiro atoms. The monoisotopic (exact) mass is 504 g/mol. The fourth-order valence-corrected chi connectivity index (χ4v) is 4.60. The van der Waals surface area contributed by atoms with Crippen molar-refractivity contribution in [2.24, 2.45) is 5.92 Å². The van der Waals surface area contributed by atoms with Gasteiger partial charge < -0.3 is 20.1 Å². The van der Waals surface area contributed by atoms with Crippen LogP contribution in [-0.4, -0.2) is 61.8 Å². The molecule has 1 aliphatic rings. The van der Waals surface area contributed by atoms with Crippen molar-refractivity contribution in [3.05, 3.63) is 53.7 Å². The van der Waals surface area contributed by atoms with Crippen molar-refractivity contribution in [3.63, 3.8) is 0 Å². The molecule has 10 nitrogen and oxygen atoms in total. The molecule has 0 bridgehead atoms. The lowest BCUT2D eigenvalue weighted by atomic mass is 10.1. The Bertz CT molecular complexity index is 1280. The first kappa shape index (κ1) is 23.9. The number of carbonyl (C=O) groups excluding carboxylic acids is 2. The first-order valence-electron chi connectivity index (χ1n) is 10.5. The van der Waals surface area contributed by atoms with Crippen molar-refractivity contribution >= 4 is 38.3 Å². The van der Waals surface area contributed by atoms with Crippen LogP contribution in [0.4, 0.5) is 5.13 Å². The zero-order chi connectivity index (χ0) is 24.1. The van der Waals surface area contributed by atoms with Crippen molar-refractivity contribution in [2.75, 3.05) is 37.9 Å². The third kappa shape index (κ3) is 6.22. The van der Waals surface area contributed by atoms with Gasteiger partial charge in [0.1, 0.15) is 5.75 Å². The molecular formula is C22H24N4O6S2. The number of nitrogens with one attached hydrogen (secondary N) is 2. The smallest absolute Gasteiger partial charge is 0.253 e. The highest BCUT2D eigenvalue weighted by atomic mass is 32.2. The van der Waals surface area contributed by atoms with Crippen LogP contribution in [0.1, 0.15) is 16.8 Å². The Morgan fingerprint density at radius 2 is 2.18 bits per heavy atom. The molecule has 4 rings (SSSR count). The summed E-state index contributed by atoms with van der Waals surface area (Å²) in [5.74, 6) is 0.145. The van der Waals surface area contributed by atoms with Crippen molar-refractivity contribution < 1.29 is 27.5 Å². The topological polar surface area (TPSA) is 129 Å². The van der Waals surface area contributed by atoms with Gasteiger partial charge in [-0.2, -0.15) is 0 Å². The summed E-state index contributed by atoms with van der Waals surface area (Å²) in [5.41, 5.74) is 1.69. The summed E-state index contributed by atoms with van der Waals surface area (Å²) in [6.07, 6.45) is 4.49. The van der Waals surface area contributed by atoms with E-state index in [1.807, 2.05) is 29.6 Å². The third-order valence-electron chi connectivity index (χ3n) is 5.11. The van der Waals surface area contributed by atoms with E-state index in [1.54, 1.807) is 0 Å². The fraction of sp³-hybridized carbons (Fsp3) is 0.318. The number of amides is 2. The molecule has 1 aliphatic heterocycles. The first-order chi connectivity index (χ1) is 16.3. The average molecular weight is 505 g/mol. The Morgan fingerprint density at radius 3 is 2.91 bits per heavy atom. The second kappa shape index (κ2) is 10.4. The van der Waals surface area contributed by atoms with Crippen LogP contribution in [0.3, 0.4) is 0 Å². The molecule has 3 aromatic rings. The summed E-state index contributed by atoms with van der Waals surface area (Å²) in [4.78, 5) is 28.8. The molecule has 0 unspecified atom stereocenters. The maximum Gasteiger partial charge on any atom is 0.253 e. The second-order valence-corrected chi connectivity index (χ2v) is 10.6. The van der Waals surface area contributed by atoms with Gasteiger partial charge in [0.15, 0.2) is 5.13 Å². The van der Waals surface area contributed by atoms with Crippen LogP contribution >= 0.6 is 11.3 Å². The van der Waals surface area contributed by atoms with E-state index in [0.717, 1.165) is 41.2 Å². The quantitative estimate of drug-likeness (QED) is 0.457. The molecule has 1 aromatic carbocycles. The molecule has 2 aromatic heterocycles. The van der Waals surface area contributed by atoms with Crippen LogP contribution in [0.25, 0.3) is 11.3 Å². The lowest BCUT2D eigenvalue weighted by Crippen LogP contribution is -2.32. The molecule has 2 amide bonds. The molecular weight excluding hydrogens is 480 g/mol. The minimum Gasteiger partial charge on any atom is -0.493 e. The van der Waals surface area contributed by atoms with Gasteiger partial charge >= 0.3 is 0 Å². The molecule has 0 radical (unpaired) electrons. The maximum absolute atomic E-state index is 12.2. The van der Waals surface area contributed by atoms with Crippen LogP contribution in [0.5, 0.6) is 5.75 Å². The number of thiazole rings is 1. The van der Waals surface area contributed by atoms with Crippen molar-refractivity contribution in [2.45, 2.75) is 6.42 Å². The highest BCUT2D eigenvalue weighted by Crippen LogP contribution is 2.28. The lowest BCUT2D eigenvalue weighted by Gasteiger charge is -2.10. The first-order valence-corrected chi connectivity index (χ1v) is 13.2. The van der Waals surface area contributed by atoms with Gasteiger partial charge in [-0.1, -0.05) is 12.1 Å². The van der Waals surface area contributed by atoms with E-state index in [2.05, 4.69) is 15.6 Å². The van der Waals surface area contributed by atoms with Crippen molar-refractivity contribution in [1.29, 1.82) is 0 Å². The Hall–Kier alpha value is -3.22. The summed E-state index contributed by atoms with van der Waals surface area (Å²) in [6, 6.07) is 8.95. The second-order valence-electron chi connectivity index (χ2n) is 7.83. The van der Waals surface area contributed by atoms with Crippen LogP contribution in [0.15, 0.2) is 48.1 Å². The minimum absolute atomic E-state index is 0.136. The fourth-order valence-electron chi connectivity index (χ4n) is 3.28. The van der Waals surface area contributed by atoms with Gasteiger partial charge in [0.25, 0.3) is 5.91 Å². The number of benzene rings is 1. The number of hydrogen-bond donors (Lipinski definition) is 2. The highest BCUT2D eigenvalue weighted by Gasteiger charge is 2.17. The van der Waals surface area contributed by atoms with E-state index in [0.29, 0.717) is 23.4 Å². The Morgan fingerprint density at radius 1 is 1.32 bits per heavy atom. The Labute approximate surface area is 201 Å². The number of anilines is 1. The van der Waals surface area contributed by atoms with E-state index in [9.17, 15) is 18.0 Å². The molecule has 2 N–H and O–H groups in total. The van der Waals surface area contributed by atoms with Gasteiger partial charge in [0.2, 0.25) is 15.9 Å². The summed E-state index contributed by atoms with van der Waals surface area (Å²) in [6.45, 7) is 1.82. The van der Waals surface area contributed by atoms with Gasteiger partial charge in [0, 0.05) is 35.9 Å². The number of aromatic nitrogens is 2. The van der Waals surface area contributed by atoms with Gasteiger partial charge in [-0.15, -0.1) is 11.3 Å². The molecule has 1 saturated heterocycles. The van der Waals surface area contributed by atoms with E-state index in [4.69, 9.17) is 9.47 Å². The maximum atomic E-state index is 12.2. The molecule has 1 fully saturated rings. The SMILES string of the molecule is CS(=O)(=O)n1ccc(C(=O)NCC(=O)Nc2nc(-c3cccc(OC[C@@H]4CCOC4)c3)cs2)c1. The van der Waals surface area contributed by atoms with Crippen molar-refractivity contribution in [1.82, 2.24) is 14.3 Å². The standard InChI is InChI=1S/C22H24N4O6S2/c1-34(29,30)26-7-5-17(11-26)21(28)23-10-20(27)25-22-24-19(14-33-22)16-3-2-4-18(9-16)32-13-15-6-8-31-12-15/h2-5,7,9,11,14-15H,6,8,10,12-13H2,1H3,(H,23,28)(H,24,25,27)/t15-/m1/s1. The molecule has 180 valence electrons.